The van der Waals surface area contributed by atoms with Crippen LogP contribution in [0.3, 0.4) is 0 Å². The third-order valence-corrected chi connectivity index (χ3v) is 4.97. The van der Waals surface area contributed by atoms with Gasteiger partial charge in [0, 0.05) is 48.0 Å². The van der Waals surface area contributed by atoms with Crippen molar-refractivity contribution >= 4 is 40.9 Å². The molecule has 136 valence electrons. The van der Waals surface area contributed by atoms with Gasteiger partial charge in [0.25, 0.3) is 0 Å². The van der Waals surface area contributed by atoms with Gasteiger partial charge in [0.2, 0.25) is 5.91 Å². The number of rotatable bonds is 4. The van der Waals surface area contributed by atoms with E-state index in [9.17, 15) is 4.79 Å². The molecule has 0 atom stereocenters. The van der Waals surface area contributed by atoms with Crippen molar-refractivity contribution in [2.24, 2.45) is 0 Å². The van der Waals surface area contributed by atoms with E-state index in [-0.39, 0.29) is 5.91 Å². The Labute approximate surface area is 163 Å². The van der Waals surface area contributed by atoms with E-state index in [0.29, 0.717) is 23.1 Å². The minimum Gasteiger partial charge on any atom is -0.497 e. The van der Waals surface area contributed by atoms with Crippen LogP contribution in [0.15, 0.2) is 48.5 Å². The average molecular weight is 391 g/mol. The lowest BCUT2D eigenvalue weighted by molar-refractivity contribution is -0.126. The molecule has 0 unspecified atom stereocenters. The van der Waals surface area contributed by atoms with Gasteiger partial charge in [-0.15, -0.1) is 0 Å². The van der Waals surface area contributed by atoms with E-state index in [1.807, 2.05) is 29.2 Å². The molecule has 0 bridgehead atoms. The molecule has 3 rings (SSSR count). The molecular weight excluding hydrogens is 371 g/mol. The van der Waals surface area contributed by atoms with Crippen molar-refractivity contribution < 1.29 is 9.53 Å². The molecule has 4 nitrogen and oxygen atoms in total. The quantitative estimate of drug-likeness (QED) is 0.726. The van der Waals surface area contributed by atoms with Gasteiger partial charge < -0.3 is 14.5 Å². The Morgan fingerprint density at radius 2 is 1.73 bits per heavy atom. The highest BCUT2D eigenvalue weighted by molar-refractivity contribution is 6.34. The van der Waals surface area contributed by atoms with Crippen molar-refractivity contribution in [2.75, 3.05) is 38.2 Å². The SMILES string of the molecule is COc1ccc(N2CCN(C(=O)/C=C/c3cc(Cl)ccc3Cl)CC2)cc1. The summed E-state index contributed by atoms with van der Waals surface area (Å²) in [5.41, 5.74) is 1.88. The largest absolute Gasteiger partial charge is 0.497 e. The van der Waals surface area contributed by atoms with Crippen molar-refractivity contribution in [1.82, 2.24) is 4.90 Å². The second-order valence-electron chi connectivity index (χ2n) is 6.01. The summed E-state index contributed by atoms with van der Waals surface area (Å²) in [4.78, 5) is 16.5. The number of ether oxygens (including phenoxy) is 1. The summed E-state index contributed by atoms with van der Waals surface area (Å²) < 4.78 is 5.19. The van der Waals surface area contributed by atoms with Crippen LogP contribution in [0.4, 0.5) is 5.69 Å². The fourth-order valence-corrected chi connectivity index (χ4v) is 3.25. The maximum Gasteiger partial charge on any atom is 0.246 e. The molecule has 1 amide bonds. The molecule has 6 heteroatoms. The highest BCUT2D eigenvalue weighted by Crippen LogP contribution is 2.23. The molecule has 0 aliphatic carbocycles. The first-order valence-corrected chi connectivity index (χ1v) is 9.13. The molecule has 1 saturated heterocycles. The van der Waals surface area contributed by atoms with Gasteiger partial charge in [-0.3, -0.25) is 4.79 Å². The van der Waals surface area contributed by atoms with E-state index >= 15 is 0 Å². The molecule has 0 spiro atoms. The molecule has 2 aromatic rings. The summed E-state index contributed by atoms with van der Waals surface area (Å²) in [5, 5.41) is 1.16. The highest BCUT2D eigenvalue weighted by Gasteiger charge is 2.19. The van der Waals surface area contributed by atoms with Gasteiger partial charge in [-0.25, -0.2) is 0 Å². The molecule has 0 aromatic heterocycles. The van der Waals surface area contributed by atoms with E-state index in [2.05, 4.69) is 4.90 Å². The molecular formula is C20H20Cl2N2O2. The zero-order valence-electron chi connectivity index (χ0n) is 14.5. The van der Waals surface area contributed by atoms with Crippen LogP contribution in [0, 0.1) is 0 Å². The molecule has 1 fully saturated rings. The van der Waals surface area contributed by atoms with Crippen molar-refractivity contribution in [1.29, 1.82) is 0 Å². The molecule has 1 aliphatic rings. The van der Waals surface area contributed by atoms with Gasteiger partial charge in [-0.05, 0) is 54.1 Å². The Bertz CT molecular complexity index is 798. The average Bonchev–Trinajstić information content (AvgIpc) is 2.68. The van der Waals surface area contributed by atoms with E-state index in [1.165, 1.54) is 0 Å². The first-order chi connectivity index (χ1) is 12.6. The van der Waals surface area contributed by atoms with Crippen molar-refractivity contribution in [2.45, 2.75) is 0 Å². The molecule has 1 heterocycles. The second-order valence-corrected chi connectivity index (χ2v) is 6.85. The zero-order chi connectivity index (χ0) is 18.5. The molecule has 2 aromatic carbocycles. The Kier molecular flexibility index (Phi) is 6.07. The number of amides is 1. The van der Waals surface area contributed by atoms with Crippen LogP contribution in [0.2, 0.25) is 10.0 Å². The number of carbonyl (C=O) groups excluding carboxylic acids is 1. The van der Waals surface area contributed by atoms with Gasteiger partial charge in [-0.1, -0.05) is 23.2 Å². The Balaban J connectivity index is 1.57. The van der Waals surface area contributed by atoms with E-state index in [1.54, 1.807) is 37.5 Å². The van der Waals surface area contributed by atoms with Crippen LogP contribution < -0.4 is 9.64 Å². The predicted octanol–water partition coefficient (Wildman–Crippen LogP) is 4.36. The van der Waals surface area contributed by atoms with Crippen LogP contribution in [0.5, 0.6) is 5.75 Å². The number of methoxy groups -OCH3 is 1. The summed E-state index contributed by atoms with van der Waals surface area (Å²) in [6, 6.07) is 13.2. The Morgan fingerprint density at radius 1 is 1.04 bits per heavy atom. The topological polar surface area (TPSA) is 32.8 Å². The van der Waals surface area contributed by atoms with Crippen LogP contribution in [0.25, 0.3) is 6.08 Å². The molecule has 26 heavy (non-hydrogen) atoms. The molecule has 0 N–H and O–H groups in total. The normalized spacial score (nSPS) is 14.7. The highest BCUT2D eigenvalue weighted by atomic mass is 35.5. The lowest BCUT2D eigenvalue weighted by Crippen LogP contribution is -2.48. The van der Waals surface area contributed by atoms with Crippen molar-refractivity contribution in [3.8, 4) is 5.75 Å². The fraction of sp³-hybridized carbons (Fsp3) is 0.250. The van der Waals surface area contributed by atoms with Gasteiger partial charge in [0.15, 0.2) is 0 Å². The maximum absolute atomic E-state index is 12.4. The van der Waals surface area contributed by atoms with E-state index in [4.69, 9.17) is 27.9 Å². The molecule has 1 aliphatic heterocycles. The number of hydrogen-bond donors (Lipinski definition) is 0. The number of carbonyl (C=O) groups is 1. The van der Waals surface area contributed by atoms with Gasteiger partial charge in [0.05, 0.1) is 7.11 Å². The van der Waals surface area contributed by atoms with Gasteiger partial charge >= 0.3 is 0 Å². The minimum absolute atomic E-state index is 0.0181. The van der Waals surface area contributed by atoms with Crippen LogP contribution >= 0.6 is 23.2 Å². The lowest BCUT2D eigenvalue weighted by Gasteiger charge is -2.35. The Hall–Kier alpha value is -2.17. The smallest absolute Gasteiger partial charge is 0.246 e. The maximum atomic E-state index is 12.4. The summed E-state index contributed by atoms with van der Waals surface area (Å²) >= 11 is 12.1. The third kappa shape index (κ3) is 4.51. The van der Waals surface area contributed by atoms with Gasteiger partial charge in [0.1, 0.15) is 5.75 Å². The Morgan fingerprint density at radius 3 is 2.38 bits per heavy atom. The zero-order valence-corrected chi connectivity index (χ0v) is 16.0. The van der Waals surface area contributed by atoms with Gasteiger partial charge in [-0.2, -0.15) is 0 Å². The monoisotopic (exact) mass is 390 g/mol. The number of halogens is 2. The number of anilines is 1. The van der Waals surface area contributed by atoms with Crippen LogP contribution in [-0.4, -0.2) is 44.1 Å². The van der Waals surface area contributed by atoms with Crippen LogP contribution in [0.1, 0.15) is 5.56 Å². The lowest BCUT2D eigenvalue weighted by atomic mass is 10.2. The molecule has 0 radical (unpaired) electrons. The summed E-state index contributed by atoms with van der Waals surface area (Å²) in [6.07, 6.45) is 3.27. The second kappa shape index (κ2) is 8.47. The van der Waals surface area contributed by atoms with Crippen molar-refractivity contribution in [3.63, 3.8) is 0 Å². The molecule has 0 saturated carbocycles. The third-order valence-electron chi connectivity index (χ3n) is 4.39. The minimum atomic E-state index is -0.0181. The number of benzene rings is 2. The van der Waals surface area contributed by atoms with Crippen LogP contribution in [-0.2, 0) is 4.79 Å². The summed E-state index contributed by atoms with van der Waals surface area (Å²) in [7, 11) is 1.66. The summed E-state index contributed by atoms with van der Waals surface area (Å²) in [5.74, 6) is 0.822. The number of piperazine rings is 1. The number of nitrogens with zero attached hydrogens (tertiary/aromatic N) is 2. The first kappa shape index (κ1) is 18.6. The fourth-order valence-electron chi connectivity index (χ4n) is 2.89. The number of hydrogen-bond acceptors (Lipinski definition) is 3. The summed E-state index contributed by atoms with van der Waals surface area (Å²) in [6.45, 7) is 2.95. The standard InChI is InChI=1S/C20H20Cl2N2O2/c1-26-18-6-4-17(5-7-18)23-10-12-24(13-11-23)20(25)9-2-15-14-16(21)3-8-19(15)22/h2-9,14H,10-13H2,1H3/b9-2+. The predicted molar refractivity (Wildman–Crippen MR) is 107 cm³/mol. The van der Waals surface area contributed by atoms with Crippen molar-refractivity contribution in [3.05, 3.63) is 64.1 Å². The van der Waals surface area contributed by atoms with E-state index in [0.717, 1.165) is 30.1 Å². The van der Waals surface area contributed by atoms with E-state index < -0.39 is 0 Å². The first-order valence-electron chi connectivity index (χ1n) is 8.38.